The molecule has 0 aliphatic heterocycles. The zero-order valence-corrected chi connectivity index (χ0v) is 17.3. The van der Waals surface area contributed by atoms with Gasteiger partial charge in [0.25, 0.3) is 0 Å². The van der Waals surface area contributed by atoms with Gasteiger partial charge in [-0.1, -0.05) is 79.9 Å². The van der Waals surface area contributed by atoms with E-state index in [1.807, 2.05) is 65.8 Å². The summed E-state index contributed by atoms with van der Waals surface area (Å²) in [6.45, 7) is 15.4. The maximum atomic E-state index is 8.87. The first-order chi connectivity index (χ1) is 11.7. The van der Waals surface area contributed by atoms with Crippen molar-refractivity contribution in [3.63, 3.8) is 0 Å². The zero-order chi connectivity index (χ0) is 18.8. The second-order valence-corrected chi connectivity index (χ2v) is 5.78. The van der Waals surface area contributed by atoms with Crippen LogP contribution in [0.4, 0.5) is 0 Å². The van der Waals surface area contributed by atoms with Gasteiger partial charge >= 0.3 is 0 Å². The maximum Gasteiger partial charge on any atom is 0.119 e. The Kier molecular flexibility index (Phi) is 17.7. The minimum absolute atomic E-state index is 0.207. The fraction of sp³-hybridized carbons (Fsp3) is 0.727. The molecule has 2 nitrogen and oxygen atoms in total. The number of aliphatic hydroxyl groups is 1. The van der Waals surface area contributed by atoms with Crippen molar-refractivity contribution in [2.75, 3.05) is 13.2 Å². The first-order valence-electron chi connectivity index (χ1n) is 10.0. The fourth-order valence-electron chi connectivity index (χ4n) is 2.69. The van der Waals surface area contributed by atoms with Gasteiger partial charge in [0, 0.05) is 12.0 Å². The molecule has 0 atom stereocenters. The molecule has 0 spiro atoms. The van der Waals surface area contributed by atoms with Gasteiger partial charge in [-0.15, -0.1) is 0 Å². The van der Waals surface area contributed by atoms with Crippen LogP contribution in [-0.2, 0) is 6.42 Å². The lowest BCUT2D eigenvalue weighted by molar-refractivity contribution is 0.116. The number of rotatable bonds is 5. The standard InChI is InChI=1S/C16H24O2.3C2H6/c1-16(10-3-2-4-11-16)13-18-15-7-5-14(6-8-15)9-12-17;3*1-2/h5-8,17H,2-4,9-13H2,1H3;3*1-2H3. The van der Waals surface area contributed by atoms with Crippen molar-refractivity contribution in [3.8, 4) is 5.75 Å². The smallest absolute Gasteiger partial charge is 0.119 e. The molecule has 0 unspecified atom stereocenters. The van der Waals surface area contributed by atoms with Crippen LogP contribution in [-0.4, -0.2) is 18.3 Å². The Morgan fingerprint density at radius 3 is 1.83 bits per heavy atom. The van der Waals surface area contributed by atoms with Crippen LogP contribution in [0.1, 0.15) is 86.1 Å². The highest BCUT2D eigenvalue weighted by atomic mass is 16.5. The molecule has 24 heavy (non-hydrogen) atoms. The van der Waals surface area contributed by atoms with E-state index in [1.54, 1.807) is 0 Å². The Morgan fingerprint density at radius 2 is 1.38 bits per heavy atom. The van der Waals surface area contributed by atoms with Crippen LogP contribution in [0.15, 0.2) is 24.3 Å². The van der Waals surface area contributed by atoms with Gasteiger partial charge < -0.3 is 9.84 Å². The molecule has 0 aromatic heterocycles. The van der Waals surface area contributed by atoms with Crippen molar-refractivity contribution in [1.29, 1.82) is 0 Å². The van der Waals surface area contributed by atoms with Gasteiger partial charge in [0.2, 0.25) is 0 Å². The number of benzene rings is 1. The highest BCUT2D eigenvalue weighted by Gasteiger charge is 2.27. The predicted octanol–water partition coefficient (Wildman–Crippen LogP) is 6.65. The summed E-state index contributed by atoms with van der Waals surface area (Å²) in [5.74, 6) is 0.948. The highest BCUT2D eigenvalue weighted by molar-refractivity contribution is 5.27. The zero-order valence-electron chi connectivity index (χ0n) is 17.3. The maximum absolute atomic E-state index is 8.87. The van der Waals surface area contributed by atoms with Gasteiger partial charge in [-0.25, -0.2) is 0 Å². The summed E-state index contributed by atoms with van der Waals surface area (Å²) < 4.78 is 5.92. The summed E-state index contributed by atoms with van der Waals surface area (Å²) in [5.41, 5.74) is 1.52. The molecular formula is C22H42O2. The molecular weight excluding hydrogens is 296 g/mol. The third kappa shape index (κ3) is 10.7. The molecule has 1 aliphatic carbocycles. The molecule has 142 valence electrons. The summed E-state index contributed by atoms with van der Waals surface area (Å²) in [5, 5.41) is 8.87. The van der Waals surface area contributed by atoms with Crippen LogP contribution in [0.2, 0.25) is 0 Å². The molecule has 2 rings (SSSR count). The molecule has 0 saturated heterocycles. The van der Waals surface area contributed by atoms with Crippen LogP contribution in [0.5, 0.6) is 5.75 Å². The van der Waals surface area contributed by atoms with Gasteiger partial charge in [-0.05, 0) is 37.0 Å². The van der Waals surface area contributed by atoms with Crippen molar-refractivity contribution in [2.45, 2.75) is 87.0 Å². The molecule has 0 amide bonds. The monoisotopic (exact) mass is 338 g/mol. The summed E-state index contributed by atoms with van der Waals surface area (Å²) in [7, 11) is 0. The predicted molar refractivity (Wildman–Crippen MR) is 108 cm³/mol. The summed E-state index contributed by atoms with van der Waals surface area (Å²) in [4.78, 5) is 0. The lowest BCUT2D eigenvalue weighted by Crippen LogP contribution is -2.27. The van der Waals surface area contributed by atoms with Crippen LogP contribution in [0, 0.1) is 5.41 Å². The molecule has 0 radical (unpaired) electrons. The van der Waals surface area contributed by atoms with E-state index in [0.29, 0.717) is 5.41 Å². The van der Waals surface area contributed by atoms with E-state index in [2.05, 4.69) is 6.92 Å². The quantitative estimate of drug-likeness (QED) is 0.651. The van der Waals surface area contributed by atoms with E-state index < -0.39 is 0 Å². The highest BCUT2D eigenvalue weighted by Crippen LogP contribution is 2.36. The van der Waals surface area contributed by atoms with Crippen LogP contribution >= 0.6 is 0 Å². The minimum Gasteiger partial charge on any atom is -0.493 e. The van der Waals surface area contributed by atoms with Crippen LogP contribution in [0.25, 0.3) is 0 Å². The molecule has 0 heterocycles. The normalized spacial score (nSPS) is 14.7. The molecule has 1 aromatic rings. The molecule has 2 heteroatoms. The second-order valence-electron chi connectivity index (χ2n) is 5.78. The molecule has 1 N–H and O–H groups in total. The van der Waals surface area contributed by atoms with Crippen molar-refractivity contribution >= 4 is 0 Å². The topological polar surface area (TPSA) is 29.5 Å². The average Bonchev–Trinajstić information content (AvgIpc) is 2.67. The summed E-state index contributed by atoms with van der Waals surface area (Å²) in [6, 6.07) is 8.10. The Hall–Kier alpha value is -1.02. The van der Waals surface area contributed by atoms with Crippen molar-refractivity contribution in [2.24, 2.45) is 5.41 Å². The van der Waals surface area contributed by atoms with E-state index in [9.17, 15) is 0 Å². The Bertz CT molecular complexity index is 351. The van der Waals surface area contributed by atoms with Crippen LogP contribution in [0.3, 0.4) is 0 Å². The molecule has 0 bridgehead atoms. The molecule has 1 aliphatic rings. The van der Waals surface area contributed by atoms with E-state index in [0.717, 1.165) is 24.3 Å². The third-order valence-electron chi connectivity index (χ3n) is 3.97. The largest absolute Gasteiger partial charge is 0.493 e. The lowest BCUT2D eigenvalue weighted by atomic mass is 9.76. The van der Waals surface area contributed by atoms with Gasteiger partial charge in [0.1, 0.15) is 5.75 Å². The number of ether oxygens (including phenoxy) is 1. The van der Waals surface area contributed by atoms with E-state index >= 15 is 0 Å². The number of hydrogen-bond donors (Lipinski definition) is 1. The fourth-order valence-corrected chi connectivity index (χ4v) is 2.69. The summed E-state index contributed by atoms with van der Waals surface area (Å²) >= 11 is 0. The average molecular weight is 339 g/mol. The Morgan fingerprint density at radius 1 is 0.875 bits per heavy atom. The molecule has 1 aromatic carbocycles. The third-order valence-corrected chi connectivity index (χ3v) is 3.97. The van der Waals surface area contributed by atoms with Gasteiger partial charge in [-0.2, -0.15) is 0 Å². The van der Waals surface area contributed by atoms with Crippen molar-refractivity contribution in [1.82, 2.24) is 0 Å². The Balaban J connectivity index is 0. The van der Waals surface area contributed by atoms with E-state index in [-0.39, 0.29) is 6.61 Å². The van der Waals surface area contributed by atoms with E-state index in [1.165, 1.54) is 32.1 Å². The molecule has 1 fully saturated rings. The van der Waals surface area contributed by atoms with Crippen molar-refractivity contribution in [3.05, 3.63) is 29.8 Å². The van der Waals surface area contributed by atoms with Gasteiger partial charge in [0.05, 0.1) is 6.61 Å². The van der Waals surface area contributed by atoms with Crippen molar-refractivity contribution < 1.29 is 9.84 Å². The SMILES string of the molecule is CC.CC.CC.CC1(COc2ccc(CCO)cc2)CCCCC1. The first kappa shape index (κ1) is 25.2. The number of hydrogen-bond acceptors (Lipinski definition) is 2. The van der Waals surface area contributed by atoms with Gasteiger partial charge in [0.15, 0.2) is 0 Å². The second kappa shape index (κ2) is 16.8. The Labute approximate surface area is 151 Å². The van der Waals surface area contributed by atoms with Gasteiger partial charge in [-0.3, -0.25) is 0 Å². The van der Waals surface area contributed by atoms with Crippen LogP contribution < -0.4 is 4.74 Å². The van der Waals surface area contributed by atoms with E-state index in [4.69, 9.17) is 9.84 Å². The first-order valence-corrected chi connectivity index (χ1v) is 10.0. The minimum atomic E-state index is 0.207. The number of aliphatic hydroxyl groups excluding tert-OH is 1. The lowest BCUT2D eigenvalue weighted by Gasteiger charge is -2.33. The summed E-state index contributed by atoms with van der Waals surface area (Å²) in [6.07, 6.45) is 7.36. The molecule has 1 saturated carbocycles.